The van der Waals surface area contributed by atoms with Gasteiger partial charge >= 0.3 is 0 Å². The Morgan fingerprint density at radius 2 is 1.95 bits per heavy atom. The molecule has 6 heteroatoms. The standard InChI is InChI=1S/C14H12F2N2O2/c1-9-6-12(18(19)20)3-5-14(9)17-8-10-7-11(15)2-4-13(10)16/h2-7,17H,8H2,1H3. The van der Waals surface area contributed by atoms with Crippen molar-refractivity contribution in [2.24, 2.45) is 0 Å². The van der Waals surface area contributed by atoms with Crippen molar-refractivity contribution in [2.45, 2.75) is 13.5 Å². The number of hydrogen-bond acceptors (Lipinski definition) is 3. The number of nitro groups is 1. The molecule has 2 aromatic rings. The van der Waals surface area contributed by atoms with Gasteiger partial charge in [-0.05, 0) is 36.8 Å². The first kappa shape index (κ1) is 13.9. The minimum absolute atomic E-state index is 0.00927. The third-order valence-corrected chi connectivity index (χ3v) is 2.90. The van der Waals surface area contributed by atoms with E-state index in [1.165, 1.54) is 12.1 Å². The van der Waals surface area contributed by atoms with Gasteiger partial charge in [0.05, 0.1) is 4.92 Å². The summed E-state index contributed by atoms with van der Waals surface area (Å²) < 4.78 is 26.5. The van der Waals surface area contributed by atoms with Gasteiger partial charge in [0, 0.05) is 29.9 Å². The highest BCUT2D eigenvalue weighted by molar-refractivity contribution is 5.55. The van der Waals surface area contributed by atoms with Crippen molar-refractivity contribution in [3.8, 4) is 0 Å². The Labute approximate surface area is 114 Å². The van der Waals surface area contributed by atoms with E-state index < -0.39 is 16.6 Å². The van der Waals surface area contributed by atoms with E-state index >= 15 is 0 Å². The summed E-state index contributed by atoms with van der Waals surface area (Å²) in [5, 5.41) is 13.6. The Kier molecular flexibility index (Phi) is 3.93. The summed E-state index contributed by atoms with van der Waals surface area (Å²) in [6, 6.07) is 7.56. The first-order valence-electron chi connectivity index (χ1n) is 5.90. The lowest BCUT2D eigenvalue weighted by atomic mass is 10.1. The highest BCUT2D eigenvalue weighted by atomic mass is 19.1. The third-order valence-electron chi connectivity index (χ3n) is 2.90. The van der Waals surface area contributed by atoms with Gasteiger partial charge in [0.15, 0.2) is 0 Å². The number of benzene rings is 2. The van der Waals surface area contributed by atoms with E-state index in [0.717, 1.165) is 18.2 Å². The number of nitrogens with one attached hydrogen (secondary N) is 1. The second kappa shape index (κ2) is 5.64. The van der Waals surface area contributed by atoms with Crippen LogP contribution >= 0.6 is 0 Å². The Bertz CT molecular complexity index is 660. The van der Waals surface area contributed by atoms with Crippen molar-refractivity contribution in [3.63, 3.8) is 0 Å². The average Bonchev–Trinajstić information content (AvgIpc) is 2.40. The largest absolute Gasteiger partial charge is 0.381 e. The lowest BCUT2D eigenvalue weighted by molar-refractivity contribution is -0.384. The molecule has 0 radical (unpaired) electrons. The highest BCUT2D eigenvalue weighted by Crippen LogP contribution is 2.22. The highest BCUT2D eigenvalue weighted by Gasteiger charge is 2.09. The smallest absolute Gasteiger partial charge is 0.269 e. The minimum Gasteiger partial charge on any atom is -0.381 e. The van der Waals surface area contributed by atoms with E-state index in [1.807, 2.05) is 0 Å². The second-order valence-corrected chi connectivity index (χ2v) is 4.35. The van der Waals surface area contributed by atoms with Crippen molar-refractivity contribution < 1.29 is 13.7 Å². The number of halogens is 2. The van der Waals surface area contributed by atoms with Gasteiger partial charge in [-0.2, -0.15) is 0 Å². The maximum absolute atomic E-state index is 13.4. The van der Waals surface area contributed by atoms with E-state index in [4.69, 9.17) is 0 Å². The molecular formula is C14H12F2N2O2. The number of anilines is 1. The van der Waals surface area contributed by atoms with Crippen molar-refractivity contribution in [2.75, 3.05) is 5.32 Å². The molecule has 0 unspecified atom stereocenters. The van der Waals surface area contributed by atoms with Crippen LogP contribution < -0.4 is 5.32 Å². The Hall–Kier alpha value is -2.50. The number of nitrogens with zero attached hydrogens (tertiary/aromatic N) is 1. The quantitative estimate of drug-likeness (QED) is 0.683. The maximum atomic E-state index is 13.4. The molecule has 0 saturated heterocycles. The summed E-state index contributed by atoms with van der Waals surface area (Å²) in [7, 11) is 0. The minimum atomic E-state index is -0.511. The molecule has 4 nitrogen and oxygen atoms in total. The molecule has 0 bridgehead atoms. The molecule has 0 heterocycles. The van der Waals surface area contributed by atoms with Crippen LogP contribution in [0.25, 0.3) is 0 Å². The second-order valence-electron chi connectivity index (χ2n) is 4.35. The number of non-ortho nitro benzene ring substituents is 1. The lowest BCUT2D eigenvalue weighted by Crippen LogP contribution is -2.04. The van der Waals surface area contributed by atoms with Gasteiger partial charge in [-0.1, -0.05) is 0 Å². The van der Waals surface area contributed by atoms with Gasteiger partial charge in [-0.25, -0.2) is 8.78 Å². The summed E-state index contributed by atoms with van der Waals surface area (Å²) in [5.41, 5.74) is 1.49. The van der Waals surface area contributed by atoms with Gasteiger partial charge in [0.25, 0.3) is 5.69 Å². The molecule has 0 spiro atoms. The predicted octanol–water partition coefficient (Wildman–Crippen LogP) is 3.79. The van der Waals surface area contributed by atoms with Gasteiger partial charge in [0.2, 0.25) is 0 Å². The average molecular weight is 278 g/mol. The monoisotopic (exact) mass is 278 g/mol. The predicted molar refractivity (Wildman–Crippen MR) is 71.5 cm³/mol. The van der Waals surface area contributed by atoms with Crippen LogP contribution in [0.1, 0.15) is 11.1 Å². The molecular weight excluding hydrogens is 266 g/mol. The zero-order chi connectivity index (χ0) is 14.7. The van der Waals surface area contributed by atoms with Gasteiger partial charge in [-0.3, -0.25) is 10.1 Å². The summed E-state index contributed by atoms with van der Waals surface area (Å²) in [5.74, 6) is -1.01. The zero-order valence-corrected chi connectivity index (χ0v) is 10.7. The van der Waals surface area contributed by atoms with Gasteiger partial charge < -0.3 is 5.32 Å². The van der Waals surface area contributed by atoms with E-state index in [9.17, 15) is 18.9 Å². The lowest BCUT2D eigenvalue weighted by Gasteiger charge is -2.10. The molecule has 0 fully saturated rings. The molecule has 0 aliphatic carbocycles. The summed E-state index contributed by atoms with van der Waals surface area (Å²) >= 11 is 0. The van der Waals surface area contributed by atoms with E-state index in [1.54, 1.807) is 13.0 Å². The summed E-state index contributed by atoms with van der Waals surface area (Å²) in [6.45, 7) is 1.81. The van der Waals surface area contributed by atoms with Crippen molar-refractivity contribution in [1.82, 2.24) is 0 Å². The molecule has 0 saturated carbocycles. The number of nitro benzene ring substituents is 1. The topological polar surface area (TPSA) is 55.2 Å². The Morgan fingerprint density at radius 3 is 2.60 bits per heavy atom. The number of hydrogen-bond donors (Lipinski definition) is 1. The van der Waals surface area contributed by atoms with Gasteiger partial charge in [0.1, 0.15) is 11.6 Å². The number of rotatable bonds is 4. The molecule has 0 amide bonds. The van der Waals surface area contributed by atoms with E-state index in [2.05, 4.69) is 5.32 Å². The summed E-state index contributed by atoms with van der Waals surface area (Å²) in [4.78, 5) is 10.1. The normalized spacial score (nSPS) is 10.3. The van der Waals surface area contributed by atoms with Gasteiger partial charge in [-0.15, -0.1) is 0 Å². The first-order valence-corrected chi connectivity index (χ1v) is 5.90. The van der Waals surface area contributed by atoms with Crippen LogP contribution in [0.5, 0.6) is 0 Å². The molecule has 20 heavy (non-hydrogen) atoms. The van der Waals surface area contributed by atoms with Crippen LogP contribution in [-0.4, -0.2) is 4.92 Å². The van der Waals surface area contributed by atoms with Crippen LogP contribution in [0, 0.1) is 28.7 Å². The SMILES string of the molecule is Cc1cc([N+](=O)[O-])ccc1NCc1cc(F)ccc1F. The van der Waals surface area contributed by atoms with Crippen LogP contribution in [-0.2, 0) is 6.54 Å². The summed E-state index contributed by atoms with van der Waals surface area (Å²) in [6.07, 6.45) is 0. The molecule has 0 aliphatic heterocycles. The van der Waals surface area contributed by atoms with Crippen molar-refractivity contribution in [3.05, 3.63) is 69.3 Å². The maximum Gasteiger partial charge on any atom is 0.269 e. The molecule has 2 aromatic carbocycles. The van der Waals surface area contributed by atoms with E-state index in [0.29, 0.717) is 11.3 Å². The first-order chi connectivity index (χ1) is 9.47. The number of aryl methyl sites for hydroxylation is 1. The fourth-order valence-corrected chi connectivity index (χ4v) is 1.83. The fraction of sp³-hybridized carbons (Fsp3) is 0.143. The van der Waals surface area contributed by atoms with Crippen molar-refractivity contribution in [1.29, 1.82) is 0 Å². The molecule has 1 N–H and O–H groups in total. The molecule has 104 valence electrons. The van der Waals surface area contributed by atoms with Crippen molar-refractivity contribution >= 4 is 11.4 Å². The molecule has 2 rings (SSSR count). The molecule has 0 aromatic heterocycles. The van der Waals surface area contributed by atoms with Crippen LogP contribution in [0.2, 0.25) is 0 Å². The van der Waals surface area contributed by atoms with E-state index in [-0.39, 0.29) is 17.8 Å². The fourth-order valence-electron chi connectivity index (χ4n) is 1.83. The van der Waals surface area contributed by atoms with Crippen LogP contribution in [0.15, 0.2) is 36.4 Å². The zero-order valence-electron chi connectivity index (χ0n) is 10.7. The van der Waals surface area contributed by atoms with Crippen LogP contribution in [0.3, 0.4) is 0 Å². The molecule has 0 atom stereocenters. The van der Waals surface area contributed by atoms with Crippen LogP contribution in [0.4, 0.5) is 20.2 Å². The third kappa shape index (κ3) is 3.09. The Balaban J connectivity index is 2.15. The Morgan fingerprint density at radius 1 is 1.20 bits per heavy atom. The molecule has 0 aliphatic rings.